The summed E-state index contributed by atoms with van der Waals surface area (Å²) < 4.78 is 5.77. The highest BCUT2D eigenvalue weighted by atomic mass is 16.5. The average molecular weight is 552 g/mol. The zero-order valence-corrected chi connectivity index (χ0v) is 25.5. The second-order valence-electron chi connectivity index (χ2n) is 11.1. The molecule has 0 heterocycles. The summed E-state index contributed by atoms with van der Waals surface area (Å²) in [5, 5.41) is 11.0. The molecule has 1 atom stereocenters. The van der Waals surface area contributed by atoms with Crippen LogP contribution in [0.2, 0.25) is 0 Å². The summed E-state index contributed by atoms with van der Waals surface area (Å²) in [4.78, 5) is 34.4. The van der Waals surface area contributed by atoms with Gasteiger partial charge in [0.05, 0.1) is 0 Å². The molecule has 0 aliphatic carbocycles. The molecule has 0 saturated carbocycles. The van der Waals surface area contributed by atoms with Crippen LogP contribution in [0.15, 0.2) is 12.2 Å². The van der Waals surface area contributed by atoms with Crippen molar-refractivity contribution < 1.29 is 24.2 Å². The molecule has 0 saturated heterocycles. The molecule has 228 valence electrons. The number of carbonyl (C=O) groups excluding carboxylic acids is 2. The van der Waals surface area contributed by atoms with Gasteiger partial charge in [0.15, 0.2) is 0 Å². The zero-order valence-electron chi connectivity index (χ0n) is 25.5. The van der Waals surface area contributed by atoms with E-state index >= 15 is 0 Å². The van der Waals surface area contributed by atoms with Crippen molar-refractivity contribution in [2.45, 2.75) is 174 Å². The molecule has 0 spiro atoms. The molecule has 1 unspecified atom stereocenters. The Morgan fingerprint density at radius 2 is 1.15 bits per heavy atom. The van der Waals surface area contributed by atoms with Crippen LogP contribution in [0.3, 0.4) is 0 Å². The number of ether oxygens (including phenoxy) is 1. The number of allylic oxidation sites excluding steroid dienone is 1. The van der Waals surface area contributed by atoms with E-state index in [9.17, 15) is 14.4 Å². The van der Waals surface area contributed by atoms with Crippen LogP contribution in [0.25, 0.3) is 0 Å². The molecule has 0 aliphatic rings. The first-order valence-electron chi connectivity index (χ1n) is 16.3. The lowest BCUT2D eigenvalue weighted by molar-refractivity contribution is -0.147. The Hall–Kier alpha value is -1.85. The van der Waals surface area contributed by atoms with Crippen LogP contribution in [0.4, 0.5) is 0 Å². The van der Waals surface area contributed by atoms with Crippen LogP contribution in [0, 0.1) is 0 Å². The van der Waals surface area contributed by atoms with Gasteiger partial charge in [0.25, 0.3) is 0 Å². The smallest absolute Gasteiger partial charge is 0.322 e. The highest BCUT2D eigenvalue weighted by molar-refractivity contribution is 5.80. The van der Waals surface area contributed by atoms with E-state index in [1.165, 1.54) is 83.5 Å². The standard InChI is InChI=1S/C33H61NO5/c1-3-5-7-8-9-10-11-12-13-14-15-16-17-18-24-28-33(38)39-30(25-21-6-4-2)26-22-19-20-23-27-31(35)34-29-32(36)37/h21,25,30H,3-20,22-24,26-29H2,1-2H3,(H,34,35)(H,36,37)/b25-21-. The van der Waals surface area contributed by atoms with E-state index in [0.29, 0.717) is 12.8 Å². The maximum Gasteiger partial charge on any atom is 0.322 e. The van der Waals surface area contributed by atoms with E-state index in [2.05, 4.69) is 25.2 Å². The van der Waals surface area contributed by atoms with Gasteiger partial charge in [-0.1, -0.05) is 129 Å². The number of unbranched alkanes of at least 4 members (excludes halogenated alkanes) is 18. The SMILES string of the molecule is CCC/C=C\C(CCCCCCC(=O)NCC(=O)O)OC(=O)CCCCCCCCCCCCCCCCC. The first kappa shape index (κ1) is 37.1. The third kappa shape index (κ3) is 29.0. The van der Waals surface area contributed by atoms with Crippen molar-refractivity contribution in [3.8, 4) is 0 Å². The van der Waals surface area contributed by atoms with Crippen molar-refractivity contribution in [3.63, 3.8) is 0 Å². The molecule has 0 aromatic rings. The Bertz CT molecular complexity index is 619. The average Bonchev–Trinajstić information content (AvgIpc) is 2.91. The summed E-state index contributed by atoms with van der Waals surface area (Å²) in [6.07, 6.45) is 30.9. The van der Waals surface area contributed by atoms with E-state index < -0.39 is 5.97 Å². The number of aliphatic carboxylic acids is 1. The Morgan fingerprint density at radius 1 is 0.667 bits per heavy atom. The van der Waals surface area contributed by atoms with Crippen molar-refractivity contribution >= 4 is 17.8 Å². The minimum atomic E-state index is -1.03. The summed E-state index contributed by atoms with van der Waals surface area (Å²) in [5.41, 5.74) is 0. The molecular weight excluding hydrogens is 490 g/mol. The van der Waals surface area contributed by atoms with Crippen LogP contribution in [0.5, 0.6) is 0 Å². The van der Waals surface area contributed by atoms with Crippen LogP contribution in [-0.4, -0.2) is 35.6 Å². The molecule has 0 aromatic carbocycles. The highest BCUT2D eigenvalue weighted by Crippen LogP contribution is 2.15. The predicted octanol–water partition coefficient (Wildman–Crippen LogP) is 9.06. The monoisotopic (exact) mass is 551 g/mol. The minimum absolute atomic E-state index is 0.0917. The van der Waals surface area contributed by atoms with Crippen molar-refractivity contribution in [2.75, 3.05) is 6.54 Å². The van der Waals surface area contributed by atoms with Gasteiger partial charge in [-0.05, 0) is 38.2 Å². The Balaban J connectivity index is 3.81. The van der Waals surface area contributed by atoms with E-state index in [4.69, 9.17) is 9.84 Å². The number of hydrogen-bond acceptors (Lipinski definition) is 4. The summed E-state index contributed by atoms with van der Waals surface area (Å²) in [6.45, 7) is 4.08. The largest absolute Gasteiger partial charge is 0.480 e. The zero-order chi connectivity index (χ0) is 28.8. The summed E-state index contributed by atoms with van der Waals surface area (Å²) in [6, 6.07) is 0. The number of amides is 1. The quantitative estimate of drug-likeness (QED) is 0.0549. The van der Waals surface area contributed by atoms with Crippen molar-refractivity contribution in [2.24, 2.45) is 0 Å². The molecule has 2 N–H and O–H groups in total. The molecule has 0 radical (unpaired) electrons. The van der Waals surface area contributed by atoms with Crippen LogP contribution in [0.1, 0.15) is 168 Å². The van der Waals surface area contributed by atoms with Crippen LogP contribution in [-0.2, 0) is 19.1 Å². The van der Waals surface area contributed by atoms with E-state index in [-0.39, 0.29) is 24.5 Å². The van der Waals surface area contributed by atoms with E-state index in [0.717, 1.165) is 57.8 Å². The van der Waals surface area contributed by atoms with Gasteiger partial charge in [0.1, 0.15) is 12.6 Å². The van der Waals surface area contributed by atoms with Gasteiger partial charge in [-0.2, -0.15) is 0 Å². The van der Waals surface area contributed by atoms with Gasteiger partial charge in [0.2, 0.25) is 5.91 Å². The van der Waals surface area contributed by atoms with E-state index in [1.54, 1.807) is 0 Å². The Labute approximate surface area is 240 Å². The number of carboxylic acid groups (broad SMARTS) is 1. The molecule has 39 heavy (non-hydrogen) atoms. The third-order valence-corrected chi connectivity index (χ3v) is 7.15. The molecule has 0 aliphatic heterocycles. The second-order valence-corrected chi connectivity index (χ2v) is 11.1. The van der Waals surface area contributed by atoms with Crippen molar-refractivity contribution in [1.29, 1.82) is 0 Å². The first-order chi connectivity index (χ1) is 19.0. The van der Waals surface area contributed by atoms with Crippen molar-refractivity contribution in [1.82, 2.24) is 5.32 Å². The maximum atomic E-state index is 12.4. The summed E-state index contributed by atoms with van der Waals surface area (Å²) in [5.74, 6) is -1.34. The fraction of sp³-hybridized carbons (Fsp3) is 0.848. The molecule has 0 rings (SSSR count). The number of esters is 1. The number of carbonyl (C=O) groups is 3. The Kier molecular flexibility index (Phi) is 27.8. The third-order valence-electron chi connectivity index (χ3n) is 7.15. The molecule has 6 heteroatoms. The summed E-state index contributed by atoms with van der Waals surface area (Å²) in [7, 11) is 0. The van der Waals surface area contributed by atoms with Gasteiger partial charge < -0.3 is 15.2 Å². The van der Waals surface area contributed by atoms with Crippen molar-refractivity contribution in [3.05, 3.63) is 12.2 Å². The van der Waals surface area contributed by atoms with Gasteiger partial charge in [0, 0.05) is 12.8 Å². The lowest BCUT2D eigenvalue weighted by atomic mass is 10.0. The van der Waals surface area contributed by atoms with Gasteiger partial charge in [-0.15, -0.1) is 0 Å². The highest BCUT2D eigenvalue weighted by Gasteiger charge is 2.11. The lowest BCUT2D eigenvalue weighted by Crippen LogP contribution is -2.28. The maximum absolute atomic E-state index is 12.4. The molecule has 0 fully saturated rings. The first-order valence-corrected chi connectivity index (χ1v) is 16.3. The van der Waals surface area contributed by atoms with Gasteiger partial charge in [-0.25, -0.2) is 0 Å². The fourth-order valence-corrected chi connectivity index (χ4v) is 4.72. The lowest BCUT2D eigenvalue weighted by Gasteiger charge is -2.15. The number of carboxylic acids is 1. The number of hydrogen-bond donors (Lipinski definition) is 2. The molecule has 6 nitrogen and oxygen atoms in total. The minimum Gasteiger partial charge on any atom is -0.480 e. The fourth-order valence-electron chi connectivity index (χ4n) is 4.72. The number of nitrogens with one attached hydrogen (secondary N) is 1. The molecule has 0 aromatic heterocycles. The Morgan fingerprint density at radius 3 is 1.67 bits per heavy atom. The normalized spacial score (nSPS) is 12.1. The number of rotatable bonds is 29. The van der Waals surface area contributed by atoms with Gasteiger partial charge in [-0.3, -0.25) is 14.4 Å². The van der Waals surface area contributed by atoms with E-state index in [1.807, 2.05) is 6.08 Å². The van der Waals surface area contributed by atoms with Crippen LogP contribution >= 0.6 is 0 Å². The topological polar surface area (TPSA) is 92.7 Å². The molecular formula is C33H61NO5. The van der Waals surface area contributed by atoms with Crippen LogP contribution < -0.4 is 5.32 Å². The summed E-state index contributed by atoms with van der Waals surface area (Å²) >= 11 is 0. The van der Waals surface area contributed by atoms with Gasteiger partial charge >= 0.3 is 11.9 Å². The molecule has 1 amide bonds. The second kappa shape index (κ2) is 29.1. The predicted molar refractivity (Wildman–Crippen MR) is 162 cm³/mol. The molecule has 0 bridgehead atoms.